The van der Waals surface area contributed by atoms with Gasteiger partial charge in [0.15, 0.2) is 0 Å². The molecule has 0 atom stereocenters. The Balaban J connectivity index is 2.19. The summed E-state index contributed by atoms with van der Waals surface area (Å²) in [5.74, 6) is 0.552. The molecule has 6 heteroatoms. The Morgan fingerprint density at radius 1 is 1.12 bits per heavy atom. The van der Waals surface area contributed by atoms with E-state index >= 15 is 0 Å². The Morgan fingerprint density at radius 3 is 2.82 bits per heavy atom. The number of fused-ring (bicyclic) bond motifs is 1. The van der Waals surface area contributed by atoms with Crippen LogP contribution in [0, 0.1) is 0 Å². The number of nitrogens with zero attached hydrogens (tertiary/aromatic N) is 3. The fourth-order valence-corrected chi connectivity index (χ4v) is 1.74. The van der Waals surface area contributed by atoms with Crippen molar-refractivity contribution in [3.8, 4) is 11.1 Å². The topological polar surface area (TPSA) is 106 Å². The van der Waals surface area contributed by atoms with Gasteiger partial charge in [0.1, 0.15) is 5.82 Å². The zero-order chi connectivity index (χ0) is 11.8. The number of hydrogen-bond acceptors (Lipinski definition) is 5. The quantitative estimate of drug-likeness (QED) is 0.577. The van der Waals surface area contributed by atoms with E-state index in [9.17, 15) is 0 Å². The molecule has 1 aromatic carbocycles. The second kappa shape index (κ2) is 3.44. The van der Waals surface area contributed by atoms with Gasteiger partial charge in [-0.1, -0.05) is 6.07 Å². The maximum atomic E-state index is 5.82. The van der Waals surface area contributed by atoms with Gasteiger partial charge in [0.05, 0.1) is 11.7 Å². The maximum Gasteiger partial charge on any atom is 0.221 e. The molecule has 5 N–H and O–H groups in total. The summed E-state index contributed by atoms with van der Waals surface area (Å²) in [6, 6.07) is 5.85. The van der Waals surface area contributed by atoms with E-state index in [2.05, 4.69) is 20.2 Å². The second-order valence-electron chi connectivity index (χ2n) is 3.70. The highest BCUT2D eigenvalue weighted by Crippen LogP contribution is 2.26. The van der Waals surface area contributed by atoms with Gasteiger partial charge in [0, 0.05) is 17.1 Å². The molecule has 0 saturated heterocycles. The Kier molecular flexibility index (Phi) is 1.94. The third kappa shape index (κ3) is 1.55. The first kappa shape index (κ1) is 9.59. The molecule has 0 radical (unpaired) electrons. The van der Waals surface area contributed by atoms with Crippen LogP contribution in [0.3, 0.4) is 0 Å². The van der Waals surface area contributed by atoms with Gasteiger partial charge in [0.2, 0.25) is 5.95 Å². The minimum Gasteiger partial charge on any atom is -0.383 e. The van der Waals surface area contributed by atoms with Gasteiger partial charge in [-0.3, -0.25) is 5.10 Å². The van der Waals surface area contributed by atoms with Crippen LogP contribution in [0.25, 0.3) is 22.0 Å². The zero-order valence-electron chi connectivity index (χ0n) is 8.88. The van der Waals surface area contributed by atoms with Gasteiger partial charge < -0.3 is 11.5 Å². The summed E-state index contributed by atoms with van der Waals surface area (Å²) in [5.41, 5.74) is 14.0. The van der Waals surface area contributed by atoms with Crippen molar-refractivity contribution in [2.45, 2.75) is 0 Å². The summed E-state index contributed by atoms with van der Waals surface area (Å²) in [6.07, 6.45) is 3.38. The van der Waals surface area contributed by atoms with Crippen molar-refractivity contribution in [3.63, 3.8) is 0 Å². The van der Waals surface area contributed by atoms with Gasteiger partial charge in [-0.15, -0.1) is 0 Å². The average Bonchev–Trinajstić information content (AvgIpc) is 2.75. The molecule has 6 nitrogen and oxygen atoms in total. The summed E-state index contributed by atoms with van der Waals surface area (Å²) in [7, 11) is 0. The molecule has 2 heterocycles. The van der Waals surface area contributed by atoms with E-state index in [1.54, 1.807) is 12.4 Å². The molecule has 17 heavy (non-hydrogen) atoms. The lowest BCUT2D eigenvalue weighted by Crippen LogP contribution is -2.00. The summed E-state index contributed by atoms with van der Waals surface area (Å²) < 4.78 is 0. The van der Waals surface area contributed by atoms with E-state index in [1.165, 1.54) is 0 Å². The summed E-state index contributed by atoms with van der Waals surface area (Å²) in [5, 5.41) is 7.87. The Bertz CT molecular complexity index is 687. The molecule has 3 rings (SSSR count). The Morgan fingerprint density at radius 2 is 2.00 bits per heavy atom. The van der Waals surface area contributed by atoms with Crippen molar-refractivity contribution < 1.29 is 0 Å². The van der Waals surface area contributed by atoms with Crippen LogP contribution in [0.2, 0.25) is 0 Å². The molecular formula is C11H10N6. The first-order chi connectivity index (χ1) is 8.24. The van der Waals surface area contributed by atoms with Crippen molar-refractivity contribution in [3.05, 3.63) is 30.6 Å². The minimum absolute atomic E-state index is 0.177. The van der Waals surface area contributed by atoms with Crippen LogP contribution in [0.15, 0.2) is 30.6 Å². The smallest absolute Gasteiger partial charge is 0.221 e. The Hall–Kier alpha value is -2.63. The minimum atomic E-state index is 0.177. The molecule has 0 bridgehead atoms. The normalized spacial score (nSPS) is 10.8. The Labute approximate surface area is 96.7 Å². The van der Waals surface area contributed by atoms with Gasteiger partial charge in [-0.05, 0) is 17.7 Å². The molecule has 0 amide bonds. The number of nitrogens with two attached hydrogens (primary N) is 2. The lowest BCUT2D eigenvalue weighted by atomic mass is 10.1. The van der Waals surface area contributed by atoms with E-state index in [1.807, 2.05) is 18.2 Å². The standard InChI is InChI=1S/C11H10N6/c12-10-8(5-14-11(13)16-10)6-1-2-9-7(3-6)4-15-17-9/h1-5H,(H,15,17)(H4,12,13,14,16). The number of nitrogen functional groups attached to an aromatic ring is 2. The molecule has 0 saturated carbocycles. The largest absolute Gasteiger partial charge is 0.383 e. The number of rotatable bonds is 1. The average molecular weight is 226 g/mol. The van der Waals surface area contributed by atoms with Crippen LogP contribution in [-0.4, -0.2) is 20.2 Å². The number of aromatic amines is 1. The highest BCUT2D eigenvalue weighted by molar-refractivity contribution is 5.86. The number of aromatic nitrogens is 4. The molecular weight excluding hydrogens is 216 g/mol. The number of hydrogen-bond donors (Lipinski definition) is 3. The van der Waals surface area contributed by atoms with Crippen molar-refractivity contribution in [1.82, 2.24) is 20.2 Å². The highest BCUT2D eigenvalue weighted by atomic mass is 15.1. The van der Waals surface area contributed by atoms with Crippen LogP contribution in [0.5, 0.6) is 0 Å². The number of nitrogens with one attached hydrogen (secondary N) is 1. The molecule has 0 aliphatic heterocycles. The predicted octanol–water partition coefficient (Wildman–Crippen LogP) is 1.18. The van der Waals surface area contributed by atoms with Crippen LogP contribution >= 0.6 is 0 Å². The molecule has 0 fully saturated rings. The van der Waals surface area contributed by atoms with E-state index < -0.39 is 0 Å². The zero-order valence-corrected chi connectivity index (χ0v) is 8.88. The number of anilines is 2. The van der Waals surface area contributed by atoms with E-state index in [4.69, 9.17) is 11.5 Å². The van der Waals surface area contributed by atoms with E-state index in [0.29, 0.717) is 5.82 Å². The maximum absolute atomic E-state index is 5.82. The third-order valence-corrected chi connectivity index (χ3v) is 2.59. The number of H-pyrrole nitrogens is 1. The van der Waals surface area contributed by atoms with Gasteiger partial charge in [-0.2, -0.15) is 10.1 Å². The first-order valence-corrected chi connectivity index (χ1v) is 5.05. The molecule has 84 valence electrons. The van der Waals surface area contributed by atoms with Crippen LogP contribution < -0.4 is 11.5 Å². The van der Waals surface area contributed by atoms with Crippen molar-refractivity contribution >= 4 is 22.7 Å². The monoisotopic (exact) mass is 226 g/mol. The summed E-state index contributed by atoms with van der Waals surface area (Å²) in [4.78, 5) is 7.89. The molecule has 0 aliphatic carbocycles. The van der Waals surface area contributed by atoms with Gasteiger partial charge in [0.25, 0.3) is 0 Å². The second-order valence-corrected chi connectivity index (χ2v) is 3.70. The lowest BCUT2D eigenvalue weighted by molar-refractivity contribution is 1.12. The van der Waals surface area contributed by atoms with Crippen LogP contribution in [0.1, 0.15) is 0 Å². The van der Waals surface area contributed by atoms with Gasteiger partial charge >= 0.3 is 0 Å². The van der Waals surface area contributed by atoms with Crippen LogP contribution in [-0.2, 0) is 0 Å². The van der Waals surface area contributed by atoms with Crippen LogP contribution in [0.4, 0.5) is 11.8 Å². The SMILES string of the molecule is Nc1ncc(-c2ccc3[nH]ncc3c2)c(N)n1. The van der Waals surface area contributed by atoms with E-state index in [-0.39, 0.29) is 5.95 Å². The fourth-order valence-electron chi connectivity index (χ4n) is 1.74. The predicted molar refractivity (Wildman–Crippen MR) is 65.9 cm³/mol. The number of benzene rings is 1. The molecule has 0 unspecified atom stereocenters. The van der Waals surface area contributed by atoms with Crippen molar-refractivity contribution in [2.24, 2.45) is 0 Å². The summed E-state index contributed by atoms with van der Waals surface area (Å²) in [6.45, 7) is 0. The summed E-state index contributed by atoms with van der Waals surface area (Å²) >= 11 is 0. The lowest BCUT2D eigenvalue weighted by Gasteiger charge is -2.04. The third-order valence-electron chi connectivity index (χ3n) is 2.59. The van der Waals surface area contributed by atoms with Crippen molar-refractivity contribution in [1.29, 1.82) is 0 Å². The highest BCUT2D eigenvalue weighted by Gasteiger charge is 2.06. The first-order valence-electron chi connectivity index (χ1n) is 5.05. The molecule has 0 spiro atoms. The molecule has 0 aliphatic rings. The van der Waals surface area contributed by atoms with Crippen molar-refractivity contribution in [2.75, 3.05) is 11.5 Å². The molecule has 2 aromatic heterocycles. The fraction of sp³-hybridized carbons (Fsp3) is 0. The molecule has 3 aromatic rings. The van der Waals surface area contributed by atoms with Gasteiger partial charge in [-0.25, -0.2) is 4.98 Å². The van der Waals surface area contributed by atoms with E-state index in [0.717, 1.165) is 22.0 Å².